The minimum absolute atomic E-state index is 0.330. The lowest BCUT2D eigenvalue weighted by molar-refractivity contribution is -0.131. The minimum Gasteiger partial charge on any atom is -0.478 e. The quantitative estimate of drug-likeness (QED) is 0.665. The van der Waals surface area contributed by atoms with Crippen LogP contribution in [0.3, 0.4) is 0 Å². The number of rotatable bonds is 4. The Morgan fingerprint density at radius 2 is 2.33 bits per heavy atom. The summed E-state index contributed by atoms with van der Waals surface area (Å²) < 4.78 is 1.62. The van der Waals surface area contributed by atoms with Gasteiger partial charge in [-0.25, -0.2) is 4.79 Å². The number of carbonyl (C=O) groups is 2. The second-order valence-electron chi connectivity index (χ2n) is 2.91. The van der Waals surface area contributed by atoms with E-state index in [1.807, 2.05) is 0 Å². The molecule has 1 rings (SSSR count). The van der Waals surface area contributed by atoms with E-state index in [9.17, 15) is 9.59 Å². The predicted molar refractivity (Wildman–Crippen MR) is 51.8 cm³/mol. The van der Waals surface area contributed by atoms with Crippen molar-refractivity contribution in [3.8, 4) is 0 Å². The summed E-state index contributed by atoms with van der Waals surface area (Å²) in [6, 6.07) is 0. The number of carbonyl (C=O) groups excluding carboxylic acids is 1. The van der Waals surface area contributed by atoms with Crippen LogP contribution in [0.4, 0.5) is 0 Å². The van der Waals surface area contributed by atoms with Gasteiger partial charge in [-0.3, -0.25) is 9.48 Å². The number of amides is 1. The molecule has 0 fully saturated rings. The molecule has 0 aliphatic carbocycles. The van der Waals surface area contributed by atoms with Gasteiger partial charge in [0.05, 0.1) is 6.20 Å². The molecule has 0 spiro atoms. The Labute approximate surface area is 86.2 Å². The summed E-state index contributed by atoms with van der Waals surface area (Å²) in [4.78, 5) is 21.1. The van der Waals surface area contributed by atoms with Crippen molar-refractivity contribution in [2.24, 2.45) is 7.05 Å². The fourth-order valence-electron chi connectivity index (χ4n) is 0.958. The fourth-order valence-corrected chi connectivity index (χ4v) is 0.958. The molecule has 6 heteroatoms. The van der Waals surface area contributed by atoms with Crippen LogP contribution in [0.5, 0.6) is 0 Å². The number of aryl methyl sites for hydroxylation is 1. The molecule has 1 amide bonds. The van der Waals surface area contributed by atoms with Crippen molar-refractivity contribution in [3.63, 3.8) is 0 Å². The van der Waals surface area contributed by atoms with Gasteiger partial charge >= 0.3 is 5.97 Å². The van der Waals surface area contributed by atoms with Crippen LogP contribution in [0.2, 0.25) is 0 Å². The highest BCUT2D eigenvalue weighted by molar-refractivity contribution is 5.93. The van der Waals surface area contributed by atoms with E-state index in [0.717, 1.165) is 17.7 Å². The van der Waals surface area contributed by atoms with E-state index in [1.165, 1.54) is 0 Å². The molecule has 1 aromatic heterocycles. The van der Waals surface area contributed by atoms with Crippen LogP contribution in [0.25, 0.3) is 0 Å². The highest BCUT2D eigenvalue weighted by Gasteiger charge is 1.99. The van der Waals surface area contributed by atoms with Crippen LogP contribution in [0.15, 0.2) is 24.5 Å². The Balaban J connectivity index is 2.37. The summed E-state index contributed by atoms with van der Waals surface area (Å²) in [5, 5.41) is 14.7. The molecular formula is C9H11N3O3. The Morgan fingerprint density at radius 3 is 2.87 bits per heavy atom. The summed E-state index contributed by atoms with van der Waals surface area (Å²) in [5.74, 6) is -1.59. The van der Waals surface area contributed by atoms with Gasteiger partial charge in [0.2, 0.25) is 5.91 Å². The van der Waals surface area contributed by atoms with Gasteiger partial charge in [0, 0.05) is 37.5 Å². The molecular weight excluding hydrogens is 198 g/mol. The zero-order valence-electron chi connectivity index (χ0n) is 8.17. The Morgan fingerprint density at radius 1 is 1.60 bits per heavy atom. The SMILES string of the molecule is Cn1cc(CNC(=O)C=CC(=O)O)cn1. The number of aromatic nitrogens is 2. The number of aliphatic carboxylic acids is 1. The van der Waals surface area contributed by atoms with Crippen LogP contribution in [0.1, 0.15) is 5.56 Å². The molecule has 6 nitrogen and oxygen atoms in total. The molecule has 0 aliphatic heterocycles. The predicted octanol–water partition coefficient (Wildman–Crippen LogP) is -0.323. The third-order valence-electron chi connectivity index (χ3n) is 1.60. The van der Waals surface area contributed by atoms with E-state index in [1.54, 1.807) is 24.1 Å². The molecule has 0 atom stereocenters. The Kier molecular flexibility index (Phi) is 3.61. The average molecular weight is 209 g/mol. The second kappa shape index (κ2) is 4.94. The first-order valence-corrected chi connectivity index (χ1v) is 4.24. The first-order chi connectivity index (χ1) is 7.08. The standard InChI is InChI=1S/C9H11N3O3/c1-12-6-7(5-11-12)4-10-8(13)2-3-9(14)15/h2-3,5-6H,4H2,1H3,(H,10,13)(H,14,15). The summed E-state index contributed by atoms with van der Waals surface area (Å²) >= 11 is 0. The second-order valence-corrected chi connectivity index (χ2v) is 2.91. The van der Waals surface area contributed by atoms with E-state index in [0.29, 0.717) is 6.54 Å². The molecule has 0 radical (unpaired) electrons. The summed E-state index contributed by atoms with van der Waals surface area (Å²) in [7, 11) is 1.77. The van der Waals surface area contributed by atoms with Crippen molar-refractivity contribution < 1.29 is 14.7 Å². The van der Waals surface area contributed by atoms with E-state index < -0.39 is 11.9 Å². The highest BCUT2D eigenvalue weighted by atomic mass is 16.4. The molecule has 0 aliphatic rings. The van der Waals surface area contributed by atoms with Crippen LogP contribution < -0.4 is 5.32 Å². The van der Waals surface area contributed by atoms with Gasteiger partial charge in [0.15, 0.2) is 0 Å². The van der Waals surface area contributed by atoms with E-state index in [4.69, 9.17) is 5.11 Å². The van der Waals surface area contributed by atoms with E-state index in [-0.39, 0.29) is 0 Å². The zero-order valence-corrected chi connectivity index (χ0v) is 8.17. The first kappa shape index (κ1) is 11.0. The van der Waals surface area contributed by atoms with E-state index >= 15 is 0 Å². The Hall–Kier alpha value is -2.11. The molecule has 0 bridgehead atoms. The number of nitrogens with zero attached hydrogens (tertiary/aromatic N) is 2. The third-order valence-corrected chi connectivity index (χ3v) is 1.60. The van der Waals surface area contributed by atoms with Crippen LogP contribution >= 0.6 is 0 Å². The number of hydrogen-bond acceptors (Lipinski definition) is 3. The normalized spacial score (nSPS) is 10.5. The van der Waals surface area contributed by atoms with Gasteiger partial charge in [0.1, 0.15) is 0 Å². The number of carboxylic acid groups (broad SMARTS) is 1. The van der Waals surface area contributed by atoms with Gasteiger partial charge in [0.25, 0.3) is 0 Å². The smallest absolute Gasteiger partial charge is 0.328 e. The van der Waals surface area contributed by atoms with Crippen LogP contribution in [-0.4, -0.2) is 26.8 Å². The molecule has 1 heterocycles. The topological polar surface area (TPSA) is 84.2 Å². The van der Waals surface area contributed by atoms with Crippen molar-refractivity contribution >= 4 is 11.9 Å². The maximum atomic E-state index is 11.0. The first-order valence-electron chi connectivity index (χ1n) is 4.24. The molecule has 1 aromatic rings. The van der Waals surface area contributed by atoms with Crippen molar-refractivity contribution in [3.05, 3.63) is 30.1 Å². The molecule has 0 unspecified atom stereocenters. The molecule has 2 N–H and O–H groups in total. The van der Waals surface area contributed by atoms with Gasteiger partial charge in [-0.05, 0) is 0 Å². The maximum absolute atomic E-state index is 11.0. The third kappa shape index (κ3) is 4.08. The average Bonchev–Trinajstić information content (AvgIpc) is 2.58. The molecule has 80 valence electrons. The fraction of sp³-hybridized carbons (Fsp3) is 0.222. The van der Waals surface area contributed by atoms with Crippen molar-refractivity contribution in [2.75, 3.05) is 0 Å². The van der Waals surface area contributed by atoms with Gasteiger partial charge in [-0.2, -0.15) is 5.10 Å². The maximum Gasteiger partial charge on any atom is 0.328 e. The zero-order chi connectivity index (χ0) is 11.3. The van der Waals surface area contributed by atoms with Gasteiger partial charge in [-0.1, -0.05) is 0 Å². The molecule has 0 saturated heterocycles. The number of hydrogen-bond donors (Lipinski definition) is 2. The van der Waals surface area contributed by atoms with E-state index in [2.05, 4.69) is 10.4 Å². The lowest BCUT2D eigenvalue weighted by Crippen LogP contribution is -2.20. The summed E-state index contributed by atoms with van der Waals surface area (Å²) in [6.07, 6.45) is 5.15. The van der Waals surface area contributed by atoms with Crippen molar-refractivity contribution in [2.45, 2.75) is 6.54 Å². The molecule has 0 saturated carbocycles. The molecule has 15 heavy (non-hydrogen) atoms. The lowest BCUT2D eigenvalue weighted by atomic mass is 10.3. The van der Waals surface area contributed by atoms with Crippen molar-refractivity contribution in [1.29, 1.82) is 0 Å². The van der Waals surface area contributed by atoms with Crippen LogP contribution in [-0.2, 0) is 23.2 Å². The highest BCUT2D eigenvalue weighted by Crippen LogP contribution is 1.94. The number of carboxylic acids is 1. The Bertz CT molecular complexity index is 395. The molecule has 0 aromatic carbocycles. The minimum atomic E-state index is -1.15. The largest absolute Gasteiger partial charge is 0.478 e. The lowest BCUT2D eigenvalue weighted by Gasteiger charge is -1.97. The van der Waals surface area contributed by atoms with Crippen LogP contribution in [0, 0.1) is 0 Å². The number of nitrogens with one attached hydrogen (secondary N) is 1. The monoisotopic (exact) mass is 209 g/mol. The van der Waals surface area contributed by atoms with Crippen molar-refractivity contribution in [1.82, 2.24) is 15.1 Å². The summed E-state index contributed by atoms with van der Waals surface area (Å²) in [5.41, 5.74) is 0.856. The van der Waals surface area contributed by atoms with Gasteiger partial charge < -0.3 is 10.4 Å². The summed E-state index contributed by atoms with van der Waals surface area (Å²) in [6.45, 7) is 0.330. The van der Waals surface area contributed by atoms with Gasteiger partial charge in [-0.15, -0.1) is 0 Å².